The lowest BCUT2D eigenvalue weighted by Crippen LogP contribution is -2.49. The van der Waals surface area contributed by atoms with Crippen molar-refractivity contribution < 1.29 is 19.9 Å². The van der Waals surface area contributed by atoms with Crippen molar-refractivity contribution in [2.24, 2.45) is 5.73 Å². The second kappa shape index (κ2) is 5.10. The number of hydrogen-bond acceptors (Lipinski definition) is 5. The van der Waals surface area contributed by atoms with Gasteiger partial charge in [0.1, 0.15) is 6.04 Å². The number of carbonyl (C=O) groups is 1. The predicted octanol–water partition coefficient (Wildman–Crippen LogP) is -3.18. The fourth-order valence-electron chi connectivity index (χ4n) is 0.529. The Bertz CT molecular complexity index is 152. The molecule has 0 fully saturated rings. The molecule has 0 radical (unpaired) electrons. The number of nitrogens with one attached hydrogen (secondary N) is 1. The summed E-state index contributed by atoms with van der Waals surface area (Å²) in [6, 6.07) is -1.04. The second-order valence-electron chi connectivity index (χ2n) is 2.49. The first-order valence-electron chi connectivity index (χ1n) is 3.52. The number of hydrogen-bond donors (Lipinski definition) is 5. The smallest absolute Gasteiger partial charge is 0.426 e. The van der Waals surface area contributed by atoms with Gasteiger partial charge in [-0.25, -0.2) is 0 Å². The lowest BCUT2D eigenvalue weighted by molar-refractivity contribution is -0.124. The molecule has 0 aromatic heterocycles. The molecule has 6 N–H and O–H groups in total. The minimum Gasteiger partial charge on any atom is -0.426 e. The van der Waals surface area contributed by atoms with Crippen LogP contribution in [-0.2, 0) is 4.79 Å². The quantitative estimate of drug-likeness (QED) is 0.289. The van der Waals surface area contributed by atoms with Crippen LogP contribution >= 0.6 is 0 Å². The van der Waals surface area contributed by atoms with Gasteiger partial charge in [0.25, 0.3) is 0 Å². The van der Waals surface area contributed by atoms with E-state index in [1.54, 1.807) is 0 Å². The van der Waals surface area contributed by atoms with Crippen LogP contribution in [0.5, 0.6) is 0 Å². The normalized spacial score (nSPS) is 15.1. The molecule has 0 spiro atoms. The molecule has 0 aliphatic carbocycles. The summed E-state index contributed by atoms with van der Waals surface area (Å²) < 4.78 is 0. The van der Waals surface area contributed by atoms with E-state index in [4.69, 9.17) is 20.9 Å². The Morgan fingerprint density at radius 1 is 1.67 bits per heavy atom. The van der Waals surface area contributed by atoms with Gasteiger partial charge in [0, 0.05) is 0 Å². The molecular weight excluding hydrogens is 163 g/mol. The maximum absolute atomic E-state index is 10.9. The number of carbonyl (C=O) groups excluding carboxylic acids is 1. The van der Waals surface area contributed by atoms with E-state index < -0.39 is 25.2 Å². The Morgan fingerprint density at radius 3 is 2.50 bits per heavy atom. The summed E-state index contributed by atoms with van der Waals surface area (Å²) in [4.78, 5) is 10.9. The summed E-state index contributed by atoms with van der Waals surface area (Å²) in [5.74, 6) is -0.613. The monoisotopic (exact) mass is 176 g/mol. The van der Waals surface area contributed by atoms with E-state index in [0.717, 1.165) is 0 Å². The molecule has 0 bridgehead atoms. The molecule has 1 amide bonds. The van der Waals surface area contributed by atoms with Crippen LogP contribution in [0.2, 0.25) is 0 Å². The molecule has 0 aromatic rings. The van der Waals surface area contributed by atoms with Gasteiger partial charge < -0.3 is 26.2 Å². The van der Waals surface area contributed by atoms with Crippen LogP contribution in [0.15, 0.2) is 0 Å². The van der Waals surface area contributed by atoms with Crippen molar-refractivity contribution in [1.82, 2.24) is 5.32 Å². The van der Waals surface area contributed by atoms with Gasteiger partial charge in [0.05, 0.1) is 12.5 Å². The average Bonchev–Trinajstić information content (AvgIpc) is 1.98. The highest BCUT2D eigenvalue weighted by atomic mass is 16.4. The molecule has 0 aliphatic rings. The van der Waals surface area contributed by atoms with E-state index in [1.165, 1.54) is 6.92 Å². The standard InChI is InChI=1S/C5H13BN2O4/c1-3(9)4(7)5(10)8-2-6(11)12/h3-4,9,11-12H,2,7H2,1H3,(H,8,10)/t3-,4+/m1/s1. The zero-order chi connectivity index (χ0) is 9.72. The van der Waals surface area contributed by atoms with Crippen LogP contribution in [0.4, 0.5) is 0 Å². The van der Waals surface area contributed by atoms with Gasteiger partial charge in [-0.3, -0.25) is 4.79 Å². The fraction of sp³-hybridized carbons (Fsp3) is 0.800. The lowest BCUT2D eigenvalue weighted by atomic mass is 9.92. The van der Waals surface area contributed by atoms with Crippen LogP contribution < -0.4 is 11.1 Å². The van der Waals surface area contributed by atoms with E-state index in [0.29, 0.717) is 0 Å². The van der Waals surface area contributed by atoms with Gasteiger partial charge in [-0.05, 0) is 6.92 Å². The molecule has 0 unspecified atom stereocenters. The Labute approximate surface area is 70.5 Å². The molecule has 0 saturated carbocycles. The van der Waals surface area contributed by atoms with Crippen molar-refractivity contribution in [2.75, 3.05) is 6.44 Å². The molecule has 0 aliphatic heterocycles. The van der Waals surface area contributed by atoms with Gasteiger partial charge in [-0.1, -0.05) is 0 Å². The highest BCUT2D eigenvalue weighted by Crippen LogP contribution is 1.87. The van der Waals surface area contributed by atoms with Gasteiger partial charge in [-0.2, -0.15) is 0 Å². The second-order valence-corrected chi connectivity index (χ2v) is 2.49. The van der Waals surface area contributed by atoms with Crippen LogP contribution in [0.25, 0.3) is 0 Å². The number of amides is 1. The molecule has 0 saturated heterocycles. The predicted molar refractivity (Wildman–Crippen MR) is 42.9 cm³/mol. The molecule has 12 heavy (non-hydrogen) atoms. The Morgan fingerprint density at radius 2 is 2.17 bits per heavy atom. The maximum Gasteiger partial charge on any atom is 0.472 e. The van der Waals surface area contributed by atoms with Crippen molar-refractivity contribution >= 4 is 13.0 Å². The molecule has 0 aromatic carbocycles. The van der Waals surface area contributed by atoms with Crippen molar-refractivity contribution in [1.29, 1.82) is 0 Å². The summed E-state index contributed by atoms with van der Waals surface area (Å²) in [6.45, 7) is 1.37. The lowest BCUT2D eigenvalue weighted by Gasteiger charge is -2.13. The van der Waals surface area contributed by atoms with E-state index in [-0.39, 0.29) is 6.44 Å². The highest BCUT2D eigenvalue weighted by Gasteiger charge is 2.19. The third-order valence-electron chi connectivity index (χ3n) is 1.28. The molecule has 0 heterocycles. The van der Waals surface area contributed by atoms with E-state index in [2.05, 4.69) is 5.32 Å². The third-order valence-corrected chi connectivity index (χ3v) is 1.28. The van der Waals surface area contributed by atoms with Gasteiger partial charge >= 0.3 is 7.12 Å². The highest BCUT2D eigenvalue weighted by molar-refractivity contribution is 6.41. The molecule has 2 atom stereocenters. The minimum atomic E-state index is -1.60. The van der Waals surface area contributed by atoms with E-state index >= 15 is 0 Å². The first-order valence-corrected chi connectivity index (χ1v) is 3.52. The van der Waals surface area contributed by atoms with Crippen molar-refractivity contribution in [3.63, 3.8) is 0 Å². The summed E-state index contributed by atoms with van der Waals surface area (Å²) in [7, 11) is -1.60. The van der Waals surface area contributed by atoms with Crippen molar-refractivity contribution in [3.8, 4) is 0 Å². The Kier molecular flexibility index (Phi) is 4.83. The third kappa shape index (κ3) is 4.29. The van der Waals surface area contributed by atoms with Crippen molar-refractivity contribution in [3.05, 3.63) is 0 Å². The summed E-state index contributed by atoms with van der Waals surface area (Å²) in [5.41, 5.74) is 5.22. The van der Waals surface area contributed by atoms with Gasteiger partial charge in [-0.15, -0.1) is 0 Å². The summed E-state index contributed by atoms with van der Waals surface area (Å²) >= 11 is 0. The van der Waals surface area contributed by atoms with Crippen LogP contribution in [0.1, 0.15) is 6.92 Å². The summed E-state index contributed by atoms with van der Waals surface area (Å²) in [5, 5.41) is 27.7. The number of rotatable bonds is 4. The Hall–Kier alpha value is -0.625. The average molecular weight is 176 g/mol. The number of aliphatic hydroxyl groups is 1. The fourth-order valence-corrected chi connectivity index (χ4v) is 0.529. The van der Waals surface area contributed by atoms with E-state index in [9.17, 15) is 4.79 Å². The number of aliphatic hydroxyl groups excluding tert-OH is 1. The van der Waals surface area contributed by atoms with Gasteiger partial charge in [0.15, 0.2) is 0 Å². The van der Waals surface area contributed by atoms with E-state index in [1.807, 2.05) is 0 Å². The SMILES string of the molecule is C[C@@H](O)[C@H](N)C(=O)NCB(O)O. The zero-order valence-electron chi connectivity index (χ0n) is 6.77. The zero-order valence-corrected chi connectivity index (χ0v) is 6.77. The maximum atomic E-state index is 10.9. The first-order chi connectivity index (χ1) is 5.45. The van der Waals surface area contributed by atoms with Crippen LogP contribution in [-0.4, -0.2) is 46.8 Å². The summed E-state index contributed by atoms with van der Waals surface area (Å²) in [6.07, 6.45) is -1.25. The molecular formula is C5H13BN2O4. The van der Waals surface area contributed by atoms with Crippen LogP contribution in [0, 0.1) is 0 Å². The van der Waals surface area contributed by atoms with Crippen molar-refractivity contribution in [2.45, 2.75) is 19.1 Å². The Balaban J connectivity index is 3.72. The first kappa shape index (κ1) is 11.4. The molecule has 6 nitrogen and oxygen atoms in total. The number of nitrogens with two attached hydrogens (primary N) is 1. The largest absolute Gasteiger partial charge is 0.472 e. The topological polar surface area (TPSA) is 116 Å². The molecule has 7 heteroatoms. The van der Waals surface area contributed by atoms with Crippen LogP contribution in [0.3, 0.4) is 0 Å². The molecule has 70 valence electrons. The minimum absolute atomic E-state index is 0.292. The van der Waals surface area contributed by atoms with Gasteiger partial charge in [0.2, 0.25) is 5.91 Å². The molecule has 0 rings (SSSR count).